The number of nitrogens with zero attached hydrogens (tertiary/aromatic N) is 1. The molecule has 0 saturated heterocycles. The van der Waals surface area contributed by atoms with Crippen LogP contribution in [0.4, 0.5) is 0 Å². The molecule has 1 aromatic carbocycles. The summed E-state index contributed by atoms with van der Waals surface area (Å²) in [6.45, 7) is 2.23. The highest BCUT2D eigenvalue weighted by Gasteiger charge is 2.26. The van der Waals surface area contributed by atoms with Gasteiger partial charge in [-0.05, 0) is 43.4 Å². The van der Waals surface area contributed by atoms with E-state index in [1.54, 1.807) is 18.9 Å². The topological polar surface area (TPSA) is 54.5 Å². The minimum atomic E-state index is -3.93. The highest BCUT2D eigenvalue weighted by atomic mass is 35.7. The highest BCUT2D eigenvalue weighted by molar-refractivity contribution is 8.13. The average Bonchev–Trinajstić information content (AvgIpc) is 3.13. The van der Waals surface area contributed by atoms with Crippen LogP contribution in [0.1, 0.15) is 28.8 Å². The molecule has 0 aromatic heterocycles. The van der Waals surface area contributed by atoms with E-state index in [9.17, 15) is 13.2 Å². The maximum Gasteiger partial charge on any atom is 0.261 e. The number of benzene rings is 1. The van der Waals surface area contributed by atoms with Gasteiger partial charge in [0.05, 0.1) is 4.90 Å². The van der Waals surface area contributed by atoms with Gasteiger partial charge in [-0.3, -0.25) is 4.79 Å². The average molecular weight is 336 g/mol. The fourth-order valence-electron chi connectivity index (χ4n) is 2.02. The summed E-state index contributed by atoms with van der Waals surface area (Å²) in [5.41, 5.74) is 0.589. The van der Waals surface area contributed by atoms with Crippen molar-refractivity contribution in [2.75, 3.05) is 13.6 Å². The lowest BCUT2D eigenvalue weighted by molar-refractivity contribution is 0.0788. The maximum absolute atomic E-state index is 12.3. The van der Waals surface area contributed by atoms with E-state index < -0.39 is 9.05 Å². The zero-order valence-corrected chi connectivity index (χ0v) is 13.5. The van der Waals surface area contributed by atoms with Gasteiger partial charge in [0.15, 0.2) is 0 Å². The molecule has 0 heterocycles. The van der Waals surface area contributed by atoms with Crippen molar-refractivity contribution in [2.45, 2.75) is 24.7 Å². The second-order valence-corrected chi connectivity index (χ2v) is 8.09. The predicted octanol–water partition coefficient (Wildman–Crippen LogP) is 3.06. The van der Waals surface area contributed by atoms with Gasteiger partial charge >= 0.3 is 0 Å². The molecule has 0 aliphatic heterocycles. The van der Waals surface area contributed by atoms with E-state index in [1.165, 1.54) is 12.1 Å². The van der Waals surface area contributed by atoms with Gasteiger partial charge in [-0.25, -0.2) is 8.42 Å². The molecule has 0 N–H and O–H groups in total. The molecule has 1 aliphatic rings. The van der Waals surface area contributed by atoms with Crippen molar-refractivity contribution in [1.29, 1.82) is 0 Å². The van der Waals surface area contributed by atoms with Gasteiger partial charge in [0.1, 0.15) is 0 Å². The SMILES string of the molecule is Cc1c(Cl)cc(C(=O)N(C)CC2CC2)cc1S(=O)(=O)Cl. The number of hydrogen-bond acceptors (Lipinski definition) is 3. The van der Waals surface area contributed by atoms with Gasteiger partial charge in [0.2, 0.25) is 0 Å². The fraction of sp³-hybridized carbons (Fsp3) is 0.462. The zero-order chi connectivity index (χ0) is 15.1. The zero-order valence-electron chi connectivity index (χ0n) is 11.2. The van der Waals surface area contributed by atoms with Crippen LogP contribution in [-0.4, -0.2) is 32.8 Å². The Bertz CT molecular complexity index is 654. The van der Waals surface area contributed by atoms with Crippen LogP contribution in [0, 0.1) is 12.8 Å². The number of carbonyl (C=O) groups excluding carboxylic acids is 1. The van der Waals surface area contributed by atoms with Crippen LogP contribution in [0.5, 0.6) is 0 Å². The minimum Gasteiger partial charge on any atom is -0.341 e. The van der Waals surface area contributed by atoms with Gasteiger partial charge in [-0.1, -0.05) is 11.6 Å². The summed E-state index contributed by atoms with van der Waals surface area (Å²) in [6.07, 6.45) is 2.27. The van der Waals surface area contributed by atoms with Crippen molar-refractivity contribution in [3.63, 3.8) is 0 Å². The van der Waals surface area contributed by atoms with Gasteiger partial charge in [-0.15, -0.1) is 0 Å². The lowest BCUT2D eigenvalue weighted by atomic mass is 10.1. The molecule has 1 aliphatic carbocycles. The lowest BCUT2D eigenvalue weighted by Crippen LogP contribution is -2.28. The summed E-state index contributed by atoms with van der Waals surface area (Å²) in [7, 11) is 3.14. The normalized spacial score (nSPS) is 15.2. The summed E-state index contributed by atoms with van der Waals surface area (Å²) in [6, 6.07) is 2.77. The monoisotopic (exact) mass is 335 g/mol. The molecule has 1 fully saturated rings. The molecule has 2 rings (SSSR count). The summed E-state index contributed by atoms with van der Waals surface area (Å²) >= 11 is 6.00. The Morgan fingerprint density at radius 1 is 1.40 bits per heavy atom. The molecule has 110 valence electrons. The van der Waals surface area contributed by atoms with Crippen LogP contribution in [0.3, 0.4) is 0 Å². The van der Waals surface area contributed by atoms with Crippen molar-refractivity contribution >= 4 is 37.2 Å². The molecule has 0 atom stereocenters. The molecule has 1 amide bonds. The number of hydrogen-bond donors (Lipinski definition) is 0. The molecular weight excluding hydrogens is 321 g/mol. The van der Waals surface area contributed by atoms with E-state index >= 15 is 0 Å². The Morgan fingerprint density at radius 2 is 2.00 bits per heavy atom. The number of amides is 1. The van der Waals surface area contributed by atoms with Gasteiger partial charge in [0.25, 0.3) is 15.0 Å². The predicted molar refractivity (Wildman–Crippen MR) is 78.9 cm³/mol. The van der Waals surface area contributed by atoms with E-state index in [4.69, 9.17) is 22.3 Å². The first-order chi connectivity index (χ1) is 9.20. The van der Waals surface area contributed by atoms with Gasteiger partial charge < -0.3 is 4.90 Å². The van der Waals surface area contributed by atoms with E-state index in [2.05, 4.69) is 0 Å². The summed E-state index contributed by atoms with van der Waals surface area (Å²) in [5.74, 6) is 0.307. The molecule has 1 saturated carbocycles. The van der Waals surface area contributed by atoms with E-state index in [0.29, 0.717) is 18.0 Å². The van der Waals surface area contributed by atoms with Crippen molar-refractivity contribution < 1.29 is 13.2 Å². The molecule has 0 radical (unpaired) electrons. The van der Waals surface area contributed by atoms with Crippen LogP contribution in [-0.2, 0) is 9.05 Å². The molecule has 20 heavy (non-hydrogen) atoms. The van der Waals surface area contributed by atoms with Crippen molar-refractivity contribution in [2.24, 2.45) is 5.92 Å². The summed E-state index contributed by atoms with van der Waals surface area (Å²) < 4.78 is 23.0. The van der Waals surface area contributed by atoms with Crippen LogP contribution >= 0.6 is 22.3 Å². The third kappa shape index (κ3) is 3.45. The smallest absolute Gasteiger partial charge is 0.261 e. The second-order valence-electron chi connectivity index (χ2n) is 5.15. The minimum absolute atomic E-state index is 0.116. The highest BCUT2D eigenvalue weighted by Crippen LogP contribution is 2.31. The Hall–Kier alpha value is -0.780. The second kappa shape index (κ2) is 5.54. The van der Waals surface area contributed by atoms with Crippen LogP contribution in [0.15, 0.2) is 17.0 Å². The third-order valence-electron chi connectivity index (χ3n) is 3.38. The summed E-state index contributed by atoms with van der Waals surface area (Å²) in [4.78, 5) is 13.8. The largest absolute Gasteiger partial charge is 0.341 e. The fourth-order valence-corrected chi connectivity index (χ4v) is 3.52. The van der Waals surface area contributed by atoms with Crippen LogP contribution in [0.2, 0.25) is 5.02 Å². The number of rotatable bonds is 4. The quantitative estimate of drug-likeness (QED) is 0.794. The van der Waals surface area contributed by atoms with E-state index in [1.807, 2.05) is 0 Å². The first-order valence-electron chi connectivity index (χ1n) is 6.20. The van der Waals surface area contributed by atoms with Crippen molar-refractivity contribution in [3.05, 3.63) is 28.3 Å². The standard InChI is InChI=1S/C13H15Cl2NO3S/c1-8-11(14)5-10(6-12(8)20(15,18)19)13(17)16(2)7-9-3-4-9/h5-6,9H,3-4,7H2,1-2H3. The Labute approximate surface area is 128 Å². The Kier molecular flexibility index (Phi) is 4.33. The Balaban J connectivity index is 2.36. The van der Waals surface area contributed by atoms with Crippen molar-refractivity contribution in [1.82, 2.24) is 4.90 Å². The Morgan fingerprint density at radius 3 is 2.50 bits per heavy atom. The lowest BCUT2D eigenvalue weighted by Gasteiger charge is -2.18. The third-order valence-corrected chi connectivity index (χ3v) is 5.22. The molecule has 7 heteroatoms. The molecule has 0 spiro atoms. The number of carbonyl (C=O) groups is 1. The molecule has 0 bridgehead atoms. The molecular formula is C13H15Cl2NO3S. The number of halogens is 2. The van der Waals surface area contributed by atoms with E-state index in [-0.39, 0.29) is 21.4 Å². The molecule has 0 unspecified atom stereocenters. The van der Waals surface area contributed by atoms with Gasteiger partial charge in [0, 0.05) is 34.9 Å². The van der Waals surface area contributed by atoms with Gasteiger partial charge in [-0.2, -0.15) is 0 Å². The van der Waals surface area contributed by atoms with Crippen molar-refractivity contribution in [3.8, 4) is 0 Å². The van der Waals surface area contributed by atoms with Crippen LogP contribution in [0.25, 0.3) is 0 Å². The molecule has 4 nitrogen and oxygen atoms in total. The first-order valence-corrected chi connectivity index (χ1v) is 8.89. The first kappa shape index (κ1) is 15.6. The maximum atomic E-state index is 12.3. The van der Waals surface area contributed by atoms with E-state index in [0.717, 1.165) is 12.8 Å². The molecule has 1 aromatic rings. The van der Waals surface area contributed by atoms with Crippen LogP contribution < -0.4 is 0 Å². The summed E-state index contributed by atoms with van der Waals surface area (Å²) in [5, 5.41) is 0.217.